The minimum absolute atomic E-state index is 0.0987. The molecule has 198 valence electrons. The first-order chi connectivity index (χ1) is 18.4. The lowest BCUT2D eigenvalue weighted by Gasteiger charge is -2.32. The number of rotatable bonds is 11. The molecule has 0 saturated heterocycles. The van der Waals surface area contributed by atoms with E-state index in [4.69, 9.17) is 9.47 Å². The van der Waals surface area contributed by atoms with E-state index in [9.17, 15) is 9.59 Å². The predicted molar refractivity (Wildman–Crippen MR) is 146 cm³/mol. The van der Waals surface area contributed by atoms with E-state index < -0.39 is 6.04 Å². The van der Waals surface area contributed by atoms with Crippen molar-refractivity contribution in [3.05, 3.63) is 78.4 Å². The number of fused-ring (bicyclic) bond motifs is 1. The summed E-state index contributed by atoms with van der Waals surface area (Å²) in [6.45, 7) is 4.60. The molecular formula is C29H33N5O4. The molecule has 9 heteroatoms. The van der Waals surface area contributed by atoms with Crippen molar-refractivity contribution in [2.24, 2.45) is 5.92 Å². The lowest BCUT2D eigenvalue weighted by atomic mass is 10.0. The van der Waals surface area contributed by atoms with E-state index in [-0.39, 0.29) is 18.4 Å². The lowest BCUT2D eigenvalue weighted by molar-refractivity contribution is -0.127. The zero-order valence-electron chi connectivity index (χ0n) is 22.1. The Morgan fingerprint density at radius 3 is 2.18 bits per heavy atom. The van der Waals surface area contributed by atoms with Crippen LogP contribution in [0.15, 0.2) is 72.8 Å². The van der Waals surface area contributed by atoms with Crippen molar-refractivity contribution in [1.29, 1.82) is 0 Å². The van der Waals surface area contributed by atoms with Gasteiger partial charge in [-0.3, -0.25) is 14.5 Å². The molecule has 38 heavy (non-hydrogen) atoms. The van der Waals surface area contributed by atoms with Gasteiger partial charge in [-0.15, -0.1) is 5.10 Å². The van der Waals surface area contributed by atoms with Gasteiger partial charge >= 0.3 is 0 Å². The third kappa shape index (κ3) is 6.11. The largest absolute Gasteiger partial charge is 0.497 e. The number of nitrogens with one attached hydrogen (secondary N) is 1. The van der Waals surface area contributed by atoms with Crippen LogP contribution in [0, 0.1) is 5.92 Å². The van der Waals surface area contributed by atoms with Crippen LogP contribution in [-0.2, 0) is 16.1 Å². The molecule has 2 amide bonds. The SMILES string of the molecule is COc1ccc([C@@H](C(=O)NCCC(C)C)N(C(=O)Cn2nnc3ccccc32)c2ccc(OC)cc2)cc1. The summed E-state index contributed by atoms with van der Waals surface area (Å²) >= 11 is 0. The topological polar surface area (TPSA) is 98.6 Å². The van der Waals surface area contributed by atoms with Gasteiger partial charge < -0.3 is 14.8 Å². The van der Waals surface area contributed by atoms with Crippen LogP contribution in [0.1, 0.15) is 31.9 Å². The van der Waals surface area contributed by atoms with Crippen LogP contribution in [0.4, 0.5) is 5.69 Å². The van der Waals surface area contributed by atoms with Crippen molar-refractivity contribution in [2.45, 2.75) is 32.9 Å². The number of hydrogen-bond acceptors (Lipinski definition) is 6. The van der Waals surface area contributed by atoms with Gasteiger partial charge in [-0.25, -0.2) is 4.68 Å². The standard InChI is InChI=1S/C29H33N5O4/c1-20(2)17-18-30-29(36)28(21-9-13-23(37-3)14-10-21)34(22-11-15-24(38-4)16-12-22)27(35)19-33-26-8-6-5-7-25(26)31-32-33/h5-16,20,28H,17-19H2,1-4H3,(H,30,36)/t28-/m0/s1. The van der Waals surface area contributed by atoms with Crippen LogP contribution in [-0.4, -0.2) is 47.6 Å². The fourth-order valence-corrected chi connectivity index (χ4v) is 4.20. The molecule has 0 spiro atoms. The van der Waals surface area contributed by atoms with Gasteiger partial charge in [-0.05, 0) is 66.4 Å². The average Bonchev–Trinajstić information content (AvgIpc) is 3.34. The van der Waals surface area contributed by atoms with Gasteiger partial charge in [0.15, 0.2) is 0 Å². The van der Waals surface area contributed by atoms with E-state index in [2.05, 4.69) is 29.5 Å². The molecule has 0 aliphatic carbocycles. The molecule has 1 heterocycles. The van der Waals surface area contributed by atoms with E-state index >= 15 is 0 Å². The molecule has 4 aromatic rings. The van der Waals surface area contributed by atoms with Crippen LogP contribution >= 0.6 is 0 Å². The highest BCUT2D eigenvalue weighted by atomic mass is 16.5. The molecule has 1 atom stereocenters. The van der Waals surface area contributed by atoms with E-state index in [1.54, 1.807) is 67.4 Å². The van der Waals surface area contributed by atoms with Gasteiger partial charge in [0.05, 0.1) is 19.7 Å². The van der Waals surface area contributed by atoms with Gasteiger partial charge in [-0.1, -0.05) is 43.3 Å². The summed E-state index contributed by atoms with van der Waals surface area (Å²) in [5, 5.41) is 11.4. The molecule has 0 aliphatic heterocycles. The summed E-state index contributed by atoms with van der Waals surface area (Å²) < 4.78 is 12.2. The molecule has 1 N–H and O–H groups in total. The third-order valence-electron chi connectivity index (χ3n) is 6.28. The minimum atomic E-state index is -0.927. The van der Waals surface area contributed by atoms with E-state index in [1.807, 2.05) is 24.3 Å². The van der Waals surface area contributed by atoms with Crippen molar-refractivity contribution in [1.82, 2.24) is 20.3 Å². The Hall–Kier alpha value is -4.40. The number of ether oxygens (including phenoxy) is 2. The molecule has 0 fully saturated rings. The highest BCUT2D eigenvalue weighted by Gasteiger charge is 2.33. The normalized spacial score (nSPS) is 11.8. The van der Waals surface area contributed by atoms with Crippen molar-refractivity contribution in [3.8, 4) is 11.5 Å². The quantitative estimate of drug-likeness (QED) is 0.318. The molecule has 0 radical (unpaired) electrons. The summed E-state index contributed by atoms with van der Waals surface area (Å²) in [6, 6.07) is 20.8. The number of carbonyl (C=O) groups is 2. The number of anilines is 1. The fourth-order valence-electron chi connectivity index (χ4n) is 4.20. The van der Waals surface area contributed by atoms with Gasteiger partial charge in [0, 0.05) is 12.2 Å². The Morgan fingerprint density at radius 1 is 0.921 bits per heavy atom. The van der Waals surface area contributed by atoms with E-state index in [1.165, 1.54) is 4.90 Å². The highest BCUT2D eigenvalue weighted by molar-refractivity contribution is 6.01. The molecule has 0 saturated carbocycles. The highest BCUT2D eigenvalue weighted by Crippen LogP contribution is 2.31. The zero-order valence-corrected chi connectivity index (χ0v) is 22.1. The number of aromatic nitrogens is 3. The molecule has 3 aromatic carbocycles. The Morgan fingerprint density at radius 2 is 1.55 bits per heavy atom. The zero-order chi connectivity index (χ0) is 27.1. The third-order valence-corrected chi connectivity index (χ3v) is 6.28. The first-order valence-electron chi connectivity index (χ1n) is 12.6. The second-order valence-corrected chi connectivity index (χ2v) is 9.35. The monoisotopic (exact) mass is 515 g/mol. The molecule has 0 aliphatic rings. The molecule has 1 aromatic heterocycles. The van der Waals surface area contributed by atoms with Gasteiger partial charge in [-0.2, -0.15) is 0 Å². The summed E-state index contributed by atoms with van der Waals surface area (Å²) in [5.74, 6) is 1.14. The van der Waals surface area contributed by atoms with Gasteiger partial charge in [0.1, 0.15) is 29.6 Å². The second-order valence-electron chi connectivity index (χ2n) is 9.35. The maximum atomic E-state index is 14.0. The number of carbonyl (C=O) groups excluding carboxylic acids is 2. The summed E-state index contributed by atoms with van der Waals surface area (Å²) in [6.07, 6.45) is 0.822. The number of hydrogen-bond donors (Lipinski definition) is 1. The van der Waals surface area contributed by atoms with E-state index in [0.29, 0.717) is 40.7 Å². The van der Waals surface area contributed by atoms with Crippen molar-refractivity contribution >= 4 is 28.5 Å². The Balaban J connectivity index is 1.76. The van der Waals surface area contributed by atoms with Crippen LogP contribution in [0.3, 0.4) is 0 Å². The maximum Gasteiger partial charge on any atom is 0.249 e. The van der Waals surface area contributed by atoms with Crippen LogP contribution in [0.25, 0.3) is 11.0 Å². The first kappa shape index (κ1) is 26.7. The van der Waals surface area contributed by atoms with Gasteiger partial charge in [0.2, 0.25) is 11.8 Å². The van der Waals surface area contributed by atoms with Crippen LogP contribution < -0.4 is 19.7 Å². The smallest absolute Gasteiger partial charge is 0.249 e. The predicted octanol–water partition coefficient (Wildman–Crippen LogP) is 4.39. The van der Waals surface area contributed by atoms with Crippen LogP contribution in [0.2, 0.25) is 0 Å². The number of benzene rings is 3. The van der Waals surface area contributed by atoms with Crippen molar-refractivity contribution < 1.29 is 19.1 Å². The Labute approximate surface area is 222 Å². The molecule has 0 bridgehead atoms. The number of amides is 2. The molecule has 9 nitrogen and oxygen atoms in total. The molecule has 4 rings (SSSR count). The number of nitrogens with zero attached hydrogens (tertiary/aromatic N) is 4. The number of methoxy groups -OCH3 is 2. The maximum absolute atomic E-state index is 14.0. The van der Waals surface area contributed by atoms with Crippen molar-refractivity contribution in [3.63, 3.8) is 0 Å². The molecular weight excluding hydrogens is 482 g/mol. The van der Waals surface area contributed by atoms with E-state index in [0.717, 1.165) is 11.9 Å². The summed E-state index contributed by atoms with van der Waals surface area (Å²) in [4.78, 5) is 29.3. The van der Waals surface area contributed by atoms with Crippen LogP contribution in [0.5, 0.6) is 11.5 Å². The number of para-hydroxylation sites is 1. The van der Waals surface area contributed by atoms with Crippen molar-refractivity contribution in [2.75, 3.05) is 25.7 Å². The Kier molecular flexibility index (Phi) is 8.58. The summed E-state index contributed by atoms with van der Waals surface area (Å²) in [7, 11) is 3.16. The fraction of sp³-hybridized carbons (Fsp3) is 0.310. The minimum Gasteiger partial charge on any atom is -0.497 e. The second kappa shape index (κ2) is 12.2. The molecule has 0 unspecified atom stereocenters. The Bertz CT molecular complexity index is 1370. The lowest BCUT2D eigenvalue weighted by Crippen LogP contribution is -2.45. The average molecular weight is 516 g/mol. The first-order valence-corrected chi connectivity index (χ1v) is 12.6. The van der Waals surface area contributed by atoms with Gasteiger partial charge in [0.25, 0.3) is 0 Å². The summed E-state index contributed by atoms with van der Waals surface area (Å²) in [5.41, 5.74) is 2.63.